The molecule has 2 saturated carbocycles. The number of nitrogens with zero attached hydrogens (tertiary/aromatic N) is 1. The summed E-state index contributed by atoms with van der Waals surface area (Å²) in [6.45, 7) is 1.08. The largest absolute Gasteiger partial charge is 0.508 e. The van der Waals surface area contributed by atoms with Gasteiger partial charge in [0.2, 0.25) is 0 Å². The zero-order chi connectivity index (χ0) is 25.7. The van der Waals surface area contributed by atoms with Crippen molar-refractivity contribution in [3.63, 3.8) is 0 Å². The number of H-pyrrole nitrogens is 1. The van der Waals surface area contributed by atoms with E-state index in [1.807, 2.05) is 6.07 Å². The van der Waals surface area contributed by atoms with Crippen LogP contribution in [-0.2, 0) is 12.8 Å². The summed E-state index contributed by atoms with van der Waals surface area (Å²) < 4.78 is 0. The van der Waals surface area contributed by atoms with Gasteiger partial charge in [-0.05, 0) is 144 Å². The summed E-state index contributed by atoms with van der Waals surface area (Å²) in [6, 6.07) is 16.2. The molecule has 1 aliphatic heterocycles. The van der Waals surface area contributed by atoms with E-state index in [9.17, 15) is 5.11 Å². The van der Waals surface area contributed by atoms with Gasteiger partial charge >= 0.3 is 0 Å². The summed E-state index contributed by atoms with van der Waals surface area (Å²) >= 11 is 0. The van der Waals surface area contributed by atoms with Gasteiger partial charge in [0.25, 0.3) is 0 Å². The van der Waals surface area contributed by atoms with E-state index < -0.39 is 0 Å². The molecule has 2 heterocycles. The van der Waals surface area contributed by atoms with Crippen LogP contribution >= 0.6 is 0 Å². The summed E-state index contributed by atoms with van der Waals surface area (Å²) in [6.07, 6.45) is 13.8. The molecule has 4 nitrogen and oxygen atoms in total. The first kappa shape index (κ1) is 22.7. The van der Waals surface area contributed by atoms with Gasteiger partial charge in [0, 0.05) is 0 Å². The Morgan fingerprint density at radius 2 is 1.56 bits per heavy atom. The average molecular weight is 516 g/mol. The number of aromatic amines is 1. The first-order valence-electron chi connectivity index (χ1n) is 15.4. The second-order valence-electron chi connectivity index (χ2n) is 13.3. The Kier molecular flexibility index (Phi) is 4.77. The van der Waals surface area contributed by atoms with Crippen molar-refractivity contribution >= 4 is 11.0 Å². The van der Waals surface area contributed by atoms with E-state index in [1.54, 1.807) is 11.1 Å². The standard InChI is InChI=1S/C35H37N3O/c39-31-12-10-24(26-18-35(19-27(26)31)13-1-2-14-35)25-9-8-23(32-21-5-6-22(16-21)33(25)32)20-7-11-28-30(17-20)38-34(37-28)29-4-3-15-36-29/h7-12,17,21-22,29,36,39H,1-6,13-16,18-19H2,(H,37,38). The van der Waals surface area contributed by atoms with Gasteiger partial charge in [-0.25, -0.2) is 4.98 Å². The maximum Gasteiger partial charge on any atom is 0.124 e. The van der Waals surface area contributed by atoms with Crippen molar-refractivity contribution in [3.8, 4) is 28.0 Å². The topological polar surface area (TPSA) is 60.9 Å². The van der Waals surface area contributed by atoms with Gasteiger partial charge in [0.05, 0.1) is 17.1 Å². The Morgan fingerprint density at radius 3 is 2.38 bits per heavy atom. The van der Waals surface area contributed by atoms with Crippen molar-refractivity contribution in [1.29, 1.82) is 0 Å². The van der Waals surface area contributed by atoms with Gasteiger partial charge in [-0.15, -0.1) is 0 Å². The molecule has 4 aliphatic carbocycles. The highest BCUT2D eigenvalue weighted by molar-refractivity contribution is 5.87. The third kappa shape index (κ3) is 3.30. The number of phenols is 1. The molecule has 3 N–H and O–H groups in total. The normalized spacial score (nSPS) is 26.2. The van der Waals surface area contributed by atoms with E-state index in [0.717, 1.165) is 42.7 Å². The molecular formula is C35H37N3O. The molecule has 0 radical (unpaired) electrons. The molecule has 1 saturated heterocycles. The molecule has 1 spiro atoms. The van der Waals surface area contributed by atoms with Crippen LogP contribution in [-0.4, -0.2) is 21.6 Å². The third-order valence-corrected chi connectivity index (χ3v) is 11.2. The van der Waals surface area contributed by atoms with E-state index in [-0.39, 0.29) is 0 Å². The number of hydrogen-bond acceptors (Lipinski definition) is 3. The van der Waals surface area contributed by atoms with Crippen LogP contribution in [0, 0.1) is 5.41 Å². The maximum atomic E-state index is 10.9. The predicted octanol–water partition coefficient (Wildman–Crippen LogP) is 8.05. The molecule has 2 bridgehead atoms. The van der Waals surface area contributed by atoms with Crippen LogP contribution in [0.4, 0.5) is 0 Å². The lowest BCUT2D eigenvalue weighted by Gasteiger charge is -2.25. The molecule has 4 heteroatoms. The molecular weight excluding hydrogens is 478 g/mol. The Balaban J connectivity index is 1.17. The Morgan fingerprint density at radius 1 is 0.795 bits per heavy atom. The van der Waals surface area contributed by atoms with Gasteiger partial charge in [-0.2, -0.15) is 0 Å². The third-order valence-electron chi connectivity index (χ3n) is 11.2. The number of fused-ring (bicyclic) bond motifs is 7. The van der Waals surface area contributed by atoms with Crippen molar-refractivity contribution in [1.82, 2.24) is 15.3 Å². The molecule has 1 aromatic heterocycles. The highest BCUT2D eigenvalue weighted by Crippen LogP contribution is 2.60. The van der Waals surface area contributed by atoms with Gasteiger partial charge in [0.15, 0.2) is 0 Å². The van der Waals surface area contributed by atoms with Crippen LogP contribution in [0.2, 0.25) is 0 Å². The zero-order valence-corrected chi connectivity index (χ0v) is 22.7. The molecule has 9 rings (SSSR count). The summed E-state index contributed by atoms with van der Waals surface area (Å²) in [7, 11) is 0. The molecule has 0 amide bonds. The van der Waals surface area contributed by atoms with E-state index in [4.69, 9.17) is 4.98 Å². The smallest absolute Gasteiger partial charge is 0.124 e. The number of aromatic hydroxyl groups is 1. The van der Waals surface area contributed by atoms with Crippen molar-refractivity contribution in [2.75, 3.05) is 6.54 Å². The summed E-state index contributed by atoms with van der Waals surface area (Å²) in [5.41, 5.74) is 14.1. The Labute approximate surface area is 230 Å². The van der Waals surface area contributed by atoms with Crippen LogP contribution in [0.15, 0.2) is 42.5 Å². The minimum absolute atomic E-state index is 0.357. The zero-order valence-electron chi connectivity index (χ0n) is 22.7. The van der Waals surface area contributed by atoms with Crippen LogP contribution in [0.5, 0.6) is 5.75 Å². The minimum atomic E-state index is 0.357. The second kappa shape index (κ2) is 8.20. The van der Waals surface area contributed by atoms with Gasteiger partial charge in [-0.3, -0.25) is 0 Å². The van der Waals surface area contributed by atoms with E-state index >= 15 is 0 Å². The van der Waals surface area contributed by atoms with Crippen molar-refractivity contribution in [3.05, 3.63) is 70.5 Å². The van der Waals surface area contributed by atoms with Crippen molar-refractivity contribution < 1.29 is 5.11 Å². The molecule has 198 valence electrons. The summed E-state index contributed by atoms with van der Waals surface area (Å²) in [5.74, 6) is 2.94. The van der Waals surface area contributed by atoms with E-state index in [2.05, 4.69) is 46.7 Å². The number of nitrogens with one attached hydrogen (secondary N) is 2. The van der Waals surface area contributed by atoms with E-state index in [1.165, 1.54) is 84.7 Å². The number of aromatic nitrogens is 2. The molecule has 3 unspecified atom stereocenters. The lowest BCUT2D eigenvalue weighted by Crippen LogP contribution is -2.15. The fourth-order valence-electron chi connectivity index (χ4n) is 9.41. The minimum Gasteiger partial charge on any atom is -0.508 e. The lowest BCUT2D eigenvalue weighted by atomic mass is 9.79. The highest BCUT2D eigenvalue weighted by Gasteiger charge is 2.44. The summed E-state index contributed by atoms with van der Waals surface area (Å²) in [4.78, 5) is 8.57. The average Bonchev–Trinajstić information content (AvgIpc) is 3.79. The maximum absolute atomic E-state index is 10.9. The van der Waals surface area contributed by atoms with Gasteiger partial charge < -0.3 is 15.4 Å². The van der Waals surface area contributed by atoms with Crippen molar-refractivity contribution in [2.24, 2.45) is 5.41 Å². The first-order valence-corrected chi connectivity index (χ1v) is 15.4. The molecule has 3 atom stereocenters. The number of rotatable bonds is 3. The van der Waals surface area contributed by atoms with Crippen LogP contribution in [0.1, 0.15) is 104 Å². The van der Waals surface area contributed by atoms with E-state index in [0.29, 0.717) is 29.0 Å². The fourth-order valence-corrected chi connectivity index (χ4v) is 9.41. The van der Waals surface area contributed by atoms with Crippen molar-refractivity contribution in [2.45, 2.75) is 88.5 Å². The van der Waals surface area contributed by atoms with Crippen LogP contribution < -0.4 is 5.32 Å². The lowest BCUT2D eigenvalue weighted by molar-refractivity contribution is 0.315. The molecule has 3 fully saturated rings. The Bertz CT molecular complexity index is 1640. The van der Waals surface area contributed by atoms with Gasteiger partial charge in [-0.1, -0.05) is 37.1 Å². The van der Waals surface area contributed by atoms with Crippen LogP contribution in [0.25, 0.3) is 33.3 Å². The van der Waals surface area contributed by atoms with Gasteiger partial charge in [0.1, 0.15) is 11.6 Å². The quantitative estimate of drug-likeness (QED) is 0.259. The SMILES string of the molecule is Oc1ccc(-c2ccc(-c3ccc4nc(C5CCCN5)[nH]c4c3)c3c2C2CCC3C2)c2c1CC1(CCCC1)C2. The van der Waals surface area contributed by atoms with Crippen LogP contribution in [0.3, 0.4) is 0 Å². The molecule has 39 heavy (non-hydrogen) atoms. The number of imidazole rings is 1. The summed E-state index contributed by atoms with van der Waals surface area (Å²) in [5, 5.41) is 14.5. The number of benzene rings is 3. The highest BCUT2D eigenvalue weighted by atomic mass is 16.3. The second-order valence-corrected chi connectivity index (χ2v) is 13.3. The predicted molar refractivity (Wildman–Crippen MR) is 156 cm³/mol. The fraction of sp³-hybridized carbons (Fsp3) is 0.457. The molecule has 5 aliphatic rings. The molecule has 4 aromatic rings. The first-order chi connectivity index (χ1) is 19.2. The molecule has 3 aromatic carbocycles. The number of phenolic OH excluding ortho intramolecular Hbond substituents is 1. The Hall–Kier alpha value is -3.11. The monoisotopic (exact) mass is 515 g/mol. The number of hydrogen-bond donors (Lipinski definition) is 3.